The van der Waals surface area contributed by atoms with Crippen LogP contribution in [0.1, 0.15) is 58.3 Å². The summed E-state index contributed by atoms with van der Waals surface area (Å²) in [5.74, 6) is 0. The van der Waals surface area contributed by atoms with E-state index in [9.17, 15) is 0 Å². The number of ether oxygens (including phenoxy) is 1. The molecule has 0 aliphatic rings. The van der Waals surface area contributed by atoms with Crippen LogP contribution in [0.2, 0.25) is 0 Å². The van der Waals surface area contributed by atoms with E-state index in [4.69, 9.17) is 4.74 Å². The molecule has 0 aromatic heterocycles. The third-order valence-electron chi connectivity index (χ3n) is 6.53. The van der Waals surface area contributed by atoms with Crippen LogP contribution in [0.15, 0.2) is 91.0 Å². The Kier molecular flexibility index (Phi) is 11.0. The molecule has 0 aliphatic heterocycles. The number of hydrogen-bond acceptors (Lipinski definition) is 1. The summed E-state index contributed by atoms with van der Waals surface area (Å²) in [5, 5.41) is 4.59. The van der Waals surface area contributed by atoms with Gasteiger partial charge in [0.05, 0.1) is 0 Å². The normalized spacial score (nSPS) is 12.0. The predicted molar refractivity (Wildman–Crippen MR) is 145 cm³/mol. The first kappa shape index (κ1) is 24.7. The van der Waals surface area contributed by atoms with Crippen LogP contribution in [0.5, 0.6) is 0 Å². The van der Waals surface area contributed by atoms with E-state index in [-0.39, 0.29) is 0 Å². The minimum absolute atomic E-state index is 0.932. The van der Waals surface area contributed by atoms with Crippen molar-refractivity contribution in [1.82, 2.24) is 0 Å². The first-order valence-electron chi connectivity index (χ1n) is 12.6. The average Bonchev–Trinajstić information content (AvgIpc) is 2.87. The van der Waals surface area contributed by atoms with Gasteiger partial charge in [0.2, 0.25) is 0 Å². The molecule has 0 unspecified atom stereocenters. The molecule has 0 atom stereocenters. The van der Waals surface area contributed by atoms with Gasteiger partial charge in [0.1, 0.15) is 0 Å². The zero-order valence-corrected chi connectivity index (χ0v) is 20.8. The second kappa shape index (κ2) is 14.2. The van der Waals surface area contributed by atoms with Gasteiger partial charge in [-0.05, 0) is 0 Å². The summed E-state index contributed by atoms with van der Waals surface area (Å²) in [7, 11) is -2.04. The Bertz CT molecular complexity index is 751. The van der Waals surface area contributed by atoms with Crippen LogP contribution in [0.4, 0.5) is 0 Å². The maximum atomic E-state index is 5.70. The van der Waals surface area contributed by atoms with Gasteiger partial charge in [-0.15, -0.1) is 0 Å². The van der Waals surface area contributed by atoms with Crippen LogP contribution in [0, 0.1) is 0 Å². The molecule has 172 valence electrons. The zero-order valence-electron chi connectivity index (χ0n) is 19.8. The fourth-order valence-electron chi connectivity index (χ4n) is 4.75. The quantitative estimate of drug-likeness (QED) is 0.182. The maximum absolute atomic E-state index is 5.70. The van der Waals surface area contributed by atoms with Crippen molar-refractivity contribution in [2.24, 2.45) is 0 Å². The van der Waals surface area contributed by atoms with Crippen LogP contribution < -0.4 is 15.9 Å². The van der Waals surface area contributed by atoms with Crippen LogP contribution in [-0.4, -0.2) is 19.4 Å². The van der Waals surface area contributed by atoms with Crippen molar-refractivity contribution in [3.05, 3.63) is 91.0 Å². The molecule has 3 aromatic rings. The Labute approximate surface area is 196 Å². The molecule has 3 aromatic carbocycles. The monoisotopic (exact) mass is 448 g/mol. The third kappa shape index (κ3) is 7.03. The van der Waals surface area contributed by atoms with E-state index in [1.807, 2.05) is 0 Å². The predicted octanol–water partition coefficient (Wildman–Crippen LogP) is 6.87. The molecule has 0 fully saturated rings. The van der Waals surface area contributed by atoms with Crippen molar-refractivity contribution < 1.29 is 4.74 Å². The van der Waals surface area contributed by atoms with Crippen molar-refractivity contribution in [3.63, 3.8) is 0 Å². The van der Waals surface area contributed by atoms with E-state index in [2.05, 4.69) is 97.9 Å². The van der Waals surface area contributed by atoms with E-state index in [1.165, 1.54) is 73.4 Å². The fraction of sp³-hybridized carbons (Fsp3) is 0.400. The molecule has 2 heteroatoms. The van der Waals surface area contributed by atoms with E-state index in [0.717, 1.165) is 13.2 Å². The summed E-state index contributed by atoms with van der Waals surface area (Å²) in [6, 6.07) is 33.9. The van der Waals surface area contributed by atoms with Crippen LogP contribution in [0.3, 0.4) is 0 Å². The summed E-state index contributed by atoms with van der Waals surface area (Å²) in [6.07, 6.45) is 11.5. The number of rotatable bonds is 15. The van der Waals surface area contributed by atoms with E-state index in [0.29, 0.717) is 0 Å². The summed E-state index contributed by atoms with van der Waals surface area (Å²) >= 11 is 0. The molecule has 0 aliphatic carbocycles. The van der Waals surface area contributed by atoms with Gasteiger partial charge in [0, 0.05) is 0 Å². The Morgan fingerprint density at radius 2 is 0.906 bits per heavy atom. The van der Waals surface area contributed by atoms with Crippen molar-refractivity contribution in [2.75, 3.05) is 19.4 Å². The van der Waals surface area contributed by atoms with E-state index < -0.39 is 7.26 Å². The Morgan fingerprint density at radius 1 is 0.500 bits per heavy atom. The first-order valence-corrected chi connectivity index (χ1v) is 14.8. The topological polar surface area (TPSA) is 9.23 Å². The van der Waals surface area contributed by atoms with Gasteiger partial charge < -0.3 is 0 Å². The molecule has 0 amide bonds. The van der Waals surface area contributed by atoms with E-state index in [1.54, 1.807) is 0 Å². The summed E-state index contributed by atoms with van der Waals surface area (Å²) in [4.78, 5) is 0. The van der Waals surface area contributed by atoms with Crippen molar-refractivity contribution in [3.8, 4) is 0 Å². The molecule has 0 heterocycles. The van der Waals surface area contributed by atoms with Crippen molar-refractivity contribution in [2.45, 2.75) is 58.3 Å². The molecule has 32 heavy (non-hydrogen) atoms. The molecule has 0 spiro atoms. The molecule has 3 rings (SSSR count). The van der Waals surface area contributed by atoms with Crippen LogP contribution >= 0.6 is 7.26 Å². The molecular weight excluding hydrogens is 407 g/mol. The van der Waals surface area contributed by atoms with Crippen molar-refractivity contribution >= 4 is 23.2 Å². The number of unbranched alkanes of at least 4 members (excludes halogenated alkanes) is 6. The summed E-state index contributed by atoms with van der Waals surface area (Å²) in [5.41, 5.74) is 0. The second-order valence-corrected chi connectivity index (χ2v) is 12.9. The van der Waals surface area contributed by atoms with Gasteiger partial charge in [0.15, 0.2) is 0 Å². The average molecular weight is 449 g/mol. The third-order valence-corrected chi connectivity index (χ3v) is 11.6. The Balaban J connectivity index is 1.64. The van der Waals surface area contributed by atoms with E-state index >= 15 is 0 Å². The van der Waals surface area contributed by atoms with Gasteiger partial charge in [-0.2, -0.15) is 0 Å². The Hall–Kier alpha value is -1.95. The van der Waals surface area contributed by atoms with Crippen LogP contribution in [0.25, 0.3) is 0 Å². The minimum atomic E-state index is -2.04. The number of benzene rings is 3. The Morgan fingerprint density at radius 3 is 1.38 bits per heavy atom. The van der Waals surface area contributed by atoms with Crippen molar-refractivity contribution in [1.29, 1.82) is 0 Å². The second-order valence-electron chi connectivity index (χ2n) is 8.84. The van der Waals surface area contributed by atoms with Gasteiger partial charge in [-0.3, -0.25) is 0 Å². The van der Waals surface area contributed by atoms with Gasteiger partial charge in [-0.1, -0.05) is 6.92 Å². The van der Waals surface area contributed by atoms with Gasteiger partial charge >= 0.3 is 190 Å². The van der Waals surface area contributed by atoms with Gasteiger partial charge in [-0.25, -0.2) is 0 Å². The summed E-state index contributed by atoms with van der Waals surface area (Å²) < 4.78 is 5.70. The molecular formula is C30H41OP. The fourth-order valence-corrected chi connectivity index (χ4v) is 9.68. The SMILES string of the molecule is CCCCOCCCCCCCC[PH](c1ccccc1)(c1ccccc1)c1ccccc1. The first-order chi connectivity index (χ1) is 15.9. The standard InChI is InChI=1S/C30H41OP/c1-2-3-25-31-26-17-6-4-5-7-18-27-32(28-19-11-8-12-20-28,29-21-13-9-14-22-29)30-23-15-10-16-24-30/h8-16,19-24,32H,2-7,17-18,25-27H2,1H3. The zero-order chi connectivity index (χ0) is 22.3. The van der Waals surface area contributed by atoms with Gasteiger partial charge in [0.25, 0.3) is 0 Å². The molecule has 0 N–H and O–H groups in total. The molecule has 0 bridgehead atoms. The summed E-state index contributed by atoms with van der Waals surface area (Å²) in [6.45, 7) is 4.09. The molecule has 0 saturated heterocycles. The number of hydrogen-bond donors (Lipinski definition) is 0. The molecule has 0 radical (unpaired) electrons. The van der Waals surface area contributed by atoms with Crippen LogP contribution in [-0.2, 0) is 4.74 Å². The molecule has 1 nitrogen and oxygen atoms in total. The molecule has 0 saturated carbocycles.